The lowest BCUT2D eigenvalue weighted by Gasteiger charge is -2.36. The van der Waals surface area contributed by atoms with Crippen LogP contribution >= 0.6 is 0 Å². The van der Waals surface area contributed by atoms with Gasteiger partial charge in [0, 0.05) is 37.9 Å². The van der Waals surface area contributed by atoms with Gasteiger partial charge in [0.1, 0.15) is 17.5 Å². The van der Waals surface area contributed by atoms with Gasteiger partial charge in [0.15, 0.2) is 0 Å². The average molecular weight is 415 g/mol. The van der Waals surface area contributed by atoms with Gasteiger partial charge in [-0.2, -0.15) is 10.4 Å². The van der Waals surface area contributed by atoms with Gasteiger partial charge in [-0.05, 0) is 23.8 Å². The Hall–Kier alpha value is -3.92. The topological polar surface area (TPSA) is 65.2 Å². The van der Waals surface area contributed by atoms with Crippen molar-refractivity contribution >= 4 is 17.7 Å². The van der Waals surface area contributed by atoms with Gasteiger partial charge in [0.25, 0.3) is 5.91 Å². The predicted molar refractivity (Wildman–Crippen MR) is 117 cm³/mol. The molecule has 31 heavy (non-hydrogen) atoms. The summed E-state index contributed by atoms with van der Waals surface area (Å²) in [5.74, 6) is -0.584. The first-order valence-corrected chi connectivity index (χ1v) is 10.1. The summed E-state index contributed by atoms with van der Waals surface area (Å²) in [7, 11) is 0. The summed E-state index contributed by atoms with van der Waals surface area (Å²) < 4.78 is 15.8. The van der Waals surface area contributed by atoms with Crippen LogP contribution in [0.1, 0.15) is 11.1 Å². The maximum Gasteiger partial charge on any atom is 0.264 e. The average Bonchev–Trinajstić information content (AvgIpc) is 3.25. The third-order valence-corrected chi connectivity index (χ3v) is 5.26. The molecule has 1 saturated heterocycles. The molecule has 1 amide bonds. The number of rotatable bonds is 5. The molecule has 0 atom stereocenters. The smallest absolute Gasteiger partial charge is 0.264 e. The van der Waals surface area contributed by atoms with Gasteiger partial charge in [0.05, 0.1) is 18.4 Å². The molecule has 6 nitrogen and oxygen atoms in total. The molecule has 1 aromatic heterocycles. The fraction of sp³-hybridized carbons (Fsp3) is 0.208. The first kappa shape index (κ1) is 20.4. The third kappa shape index (κ3) is 4.81. The molecule has 0 spiro atoms. The molecule has 0 unspecified atom stereocenters. The zero-order chi connectivity index (χ0) is 21.6. The van der Waals surface area contributed by atoms with E-state index in [-0.39, 0.29) is 17.3 Å². The summed E-state index contributed by atoms with van der Waals surface area (Å²) in [6.45, 7) is 2.50. The van der Waals surface area contributed by atoms with Gasteiger partial charge in [-0.15, -0.1) is 0 Å². The van der Waals surface area contributed by atoms with E-state index in [1.165, 1.54) is 6.07 Å². The number of carbonyl (C=O) groups excluding carboxylic acids is 1. The maximum atomic E-state index is 14.0. The molecule has 156 valence electrons. The molecule has 4 rings (SSSR count). The van der Waals surface area contributed by atoms with E-state index in [9.17, 15) is 14.4 Å². The van der Waals surface area contributed by atoms with Gasteiger partial charge in [-0.25, -0.2) is 4.39 Å². The molecule has 2 heterocycles. The number of hydrogen-bond donors (Lipinski definition) is 0. The lowest BCUT2D eigenvalue weighted by atomic mass is 10.1. The Morgan fingerprint density at radius 1 is 1.06 bits per heavy atom. The number of nitrogens with zero attached hydrogens (tertiary/aromatic N) is 5. The zero-order valence-electron chi connectivity index (χ0n) is 17.0. The third-order valence-electron chi connectivity index (χ3n) is 5.26. The predicted octanol–water partition coefficient (Wildman–Crippen LogP) is 3.33. The highest BCUT2D eigenvalue weighted by Crippen LogP contribution is 2.21. The highest BCUT2D eigenvalue weighted by Gasteiger charge is 2.25. The van der Waals surface area contributed by atoms with Crippen LogP contribution in [0.15, 0.2) is 72.6 Å². The molecule has 0 saturated carbocycles. The molecule has 0 bridgehead atoms. The van der Waals surface area contributed by atoms with Crippen molar-refractivity contribution in [3.05, 3.63) is 89.5 Å². The summed E-state index contributed by atoms with van der Waals surface area (Å²) in [5, 5.41) is 13.9. The van der Waals surface area contributed by atoms with E-state index in [4.69, 9.17) is 0 Å². The highest BCUT2D eigenvalue weighted by molar-refractivity contribution is 6.01. The van der Waals surface area contributed by atoms with Crippen molar-refractivity contribution in [1.29, 1.82) is 5.26 Å². The lowest BCUT2D eigenvalue weighted by molar-refractivity contribution is -0.126. The van der Waals surface area contributed by atoms with E-state index in [0.717, 1.165) is 5.56 Å². The first-order chi connectivity index (χ1) is 15.1. The van der Waals surface area contributed by atoms with Gasteiger partial charge in [0.2, 0.25) is 0 Å². The summed E-state index contributed by atoms with van der Waals surface area (Å²) in [6.07, 6.45) is 5.03. The highest BCUT2D eigenvalue weighted by atomic mass is 19.1. The molecule has 1 aliphatic heterocycles. The summed E-state index contributed by atoms with van der Waals surface area (Å²) >= 11 is 0. The minimum Gasteiger partial charge on any atom is -0.366 e. The van der Waals surface area contributed by atoms with Crippen molar-refractivity contribution in [3.63, 3.8) is 0 Å². The van der Waals surface area contributed by atoms with Crippen molar-refractivity contribution in [1.82, 2.24) is 14.7 Å². The molecular weight excluding hydrogens is 393 g/mol. The lowest BCUT2D eigenvalue weighted by Crippen LogP contribution is -2.49. The van der Waals surface area contributed by atoms with Gasteiger partial charge in [-0.3, -0.25) is 9.48 Å². The fourth-order valence-corrected chi connectivity index (χ4v) is 3.65. The summed E-state index contributed by atoms with van der Waals surface area (Å²) in [5.41, 5.74) is 2.42. The number of piperazine rings is 1. The SMILES string of the molecule is N#C/C(=C\c1cnn(Cc2ccccc2)c1)C(=O)N1CCN(c2ccccc2F)CC1. The molecule has 3 aromatic rings. The number of nitriles is 1. The minimum absolute atomic E-state index is 0.0682. The number of amides is 1. The van der Waals surface area contributed by atoms with Gasteiger partial charge >= 0.3 is 0 Å². The van der Waals surface area contributed by atoms with Crippen molar-refractivity contribution in [2.75, 3.05) is 31.1 Å². The van der Waals surface area contributed by atoms with Crippen molar-refractivity contribution in [2.24, 2.45) is 0 Å². The number of halogens is 1. The second-order valence-electron chi connectivity index (χ2n) is 7.36. The maximum absolute atomic E-state index is 14.0. The van der Waals surface area contributed by atoms with Crippen molar-refractivity contribution in [3.8, 4) is 6.07 Å². The number of benzene rings is 2. The van der Waals surface area contributed by atoms with E-state index in [2.05, 4.69) is 5.10 Å². The molecule has 0 N–H and O–H groups in total. The number of para-hydroxylation sites is 1. The Morgan fingerprint density at radius 3 is 2.48 bits per heavy atom. The summed E-state index contributed by atoms with van der Waals surface area (Å²) in [6, 6.07) is 18.6. The Labute approximate surface area is 180 Å². The van der Waals surface area contributed by atoms with E-state index in [0.29, 0.717) is 44.0 Å². The number of carbonyl (C=O) groups is 1. The quantitative estimate of drug-likeness (QED) is 0.474. The van der Waals surface area contributed by atoms with E-state index in [1.807, 2.05) is 47.5 Å². The molecule has 1 fully saturated rings. The Balaban J connectivity index is 1.40. The largest absolute Gasteiger partial charge is 0.366 e. The monoisotopic (exact) mass is 415 g/mol. The van der Waals surface area contributed by atoms with Crippen molar-refractivity contribution < 1.29 is 9.18 Å². The molecular formula is C24H22FN5O. The van der Waals surface area contributed by atoms with Crippen LogP contribution in [-0.2, 0) is 11.3 Å². The molecule has 1 aliphatic rings. The number of hydrogen-bond acceptors (Lipinski definition) is 4. The second-order valence-corrected chi connectivity index (χ2v) is 7.36. The first-order valence-electron chi connectivity index (χ1n) is 10.1. The number of anilines is 1. The standard InChI is InChI=1S/C24H22FN5O/c25-22-8-4-5-9-23(22)28-10-12-29(13-11-28)24(31)21(15-26)14-20-16-27-30(18-20)17-19-6-2-1-3-7-19/h1-9,14,16,18H,10-13,17H2/b21-14+. The van der Waals surface area contributed by atoms with Gasteiger partial charge in [-0.1, -0.05) is 42.5 Å². The molecule has 0 aliphatic carbocycles. The Bertz CT molecular complexity index is 1120. The van der Waals surface area contributed by atoms with Gasteiger partial charge < -0.3 is 9.80 Å². The van der Waals surface area contributed by atoms with E-state index in [1.54, 1.807) is 40.1 Å². The van der Waals surface area contributed by atoms with Crippen LogP contribution in [0.4, 0.5) is 10.1 Å². The van der Waals surface area contributed by atoms with Crippen LogP contribution in [0.25, 0.3) is 6.08 Å². The molecule has 0 radical (unpaired) electrons. The van der Waals surface area contributed by atoms with Crippen LogP contribution in [0.5, 0.6) is 0 Å². The second kappa shape index (κ2) is 9.26. The van der Waals surface area contributed by atoms with Crippen LogP contribution in [-0.4, -0.2) is 46.8 Å². The summed E-state index contributed by atoms with van der Waals surface area (Å²) in [4.78, 5) is 16.4. The Kier molecular flexibility index (Phi) is 6.08. The molecule has 7 heteroatoms. The zero-order valence-corrected chi connectivity index (χ0v) is 17.0. The van der Waals surface area contributed by atoms with Crippen LogP contribution < -0.4 is 4.90 Å². The van der Waals surface area contributed by atoms with Crippen molar-refractivity contribution in [2.45, 2.75) is 6.54 Å². The van der Waals surface area contributed by atoms with E-state index < -0.39 is 0 Å². The van der Waals surface area contributed by atoms with E-state index >= 15 is 0 Å². The van der Waals surface area contributed by atoms with Crippen LogP contribution in [0.3, 0.4) is 0 Å². The van der Waals surface area contributed by atoms with Crippen LogP contribution in [0, 0.1) is 17.1 Å². The minimum atomic E-state index is -0.313. The van der Waals surface area contributed by atoms with Crippen LogP contribution in [0.2, 0.25) is 0 Å². The number of aromatic nitrogens is 2. The fourth-order valence-electron chi connectivity index (χ4n) is 3.65. The molecule has 2 aromatic carbocycles. The Morgan fingerprint density at radius 2 is 1.77 bits per heavy atom. The normalized spacial score (nSPS) is 14.4.